The van der Waals surface area contributed by atoms with Crippen molar-refractivity contribution in [3.05, 3.63) is 34.9 Å². The lowest BCUT2D eigenvalue weighted by atomic mass is 9.98. The lowest BCUT2D eigenvalue weighted by Gasteiger charge is -2.11. The van der Waals surface area contributed by atoms with E-state index in [1.54, 1.807) is 0 Å². The molecule has 2 aromatic rings. The van der Waals surface area contributed by atoms with Crippen LogP contribution in [0.2, 0.25) is 0 Å². The summed E-state index contributed by atoms with van der Waals surface area (Å²) in [6.45, 7) is 1.39. The van der Waals surface area contributed by atoms with E-state index in [0.29, 0.717) is 0 Å². The second kappa shape index (κ2) is 4.78. The minimum Gasteiger partial charge on any atom is -0.508 e. The third-order valence-corrected chi connectivity index (χ3v) is 2.99. The third kappa shape index (κ3) is 2.25. The predicted octanol–water partition coefficient (Wildman–Crippen LogP) is 1.46. The van der Waals surface area contributed by atoms with Gasteiger partial charge in [0.2, 0.25) is 11.5 Å². The second-order valence-corrected chi connectivity index (χ2v) is 4.47. The molecule has 21 heavy (non-hydrogen) atoms. The van der Waals surface area contributed by atoms with Gasteiger partial charge in [-0.2, -0.15) is 0 Å². The lowest BCUT2D eigenvalue weighted by Crippen LogP contribution is -2.03. The third-order valence-electron chi connectivity index (χ3n) is 2.99. The van der Waals surface area contributed by atoms with Crippen molar-refractivity contribution < 1.29 is 35.4 Å². The van der Waals surface area contributed by atoms with Crippen molar-refractivity contribution >= 4 is 5.78 Å². The minimum absolute atomic E-state index is 0.117. The predicted molar refractivity (Wildman–Crippen MR) is 71.0 cm³/mol. The second-order valence-electron chi connectivity index (χ2n) is 4.47. The van der Waals surface area contributed by atoms with Crippen molar-refractivity contribution in [1.82, 2.24) is 0 Å². The van der Waals surface area contributed by atoms with Gasteiger partial charge in [0, 0.05) is 12.1 Å². The van der Waals surface area contributed by atoms with Gasteiger partial charge in [0.1, 0.15) is 22.8 Å². The average molecular weight is 292 g/mol. The van der Waals surface area contributed by atoms with Crippen molar-refractivity contribution in [1.29, 1.82) is 0 Å². The molecule has 0 heterocycles. The monoisotopic (exact) mass is 292 g/mol. The van der Waals surface area contributed by atoms with E-state index < -0.39 is 51.4 Å². The van der Waals surface area contributed by atoms with Crippen LogP contribution in [-0.2, 0) is 0 Å². The molecule has 0 fully saturated rings. The topological polar surface area (TPSA) is 138 Å². The highest BCUT2D eigenvalue weighted by Crippen LogP contribution is 2.42. The maximum absolute atomic E-state index is 12.3. The first-order chi connectivity index (χ1) is 9.73. The molecule has 0 aromatic heterocycles. The number of hydrogen-bond donors (Lipinski definition) is 6. The highest BCUT2D eigenvalue weighted by molar-refractivity contribution is 6.14. The summed E-state index contributed by atoms with van der Waals surface area (Å²) in [5.41, 5.74) is -0.849. The number of benzene rings is 2. The maximum Gasteiger partial charge on any atom is 0.204 e. The Morgan fingerprint density at radius 2 is 1.33 bits per heavy atom. The van der Waals surface area contributed by atoms with Gasteiger partial charge in [-0.1, -0.05) is 0 Å². The zero-order valence-corrected chi connectivity index (χ0v) is 10.8. The van der Waals surface area contributed by atoms with Gasteiger partial charge in [0.25, 0.3) is 0 Å². The van der Waals surface area contributed by atoms with Crippen LogP contribution in [0, 0.1) is 6.92 Å². The van der Waals surface area contributed by atoms with Crippen LogP contribution in [0.1, 0.15) is 21.5 Å². The largest absolute Gasteiger partial charge is 0.508 e. The molecule has 0 saturated carbocycles. The van der Waals surface area contributed by atoms with E-state index in [0.717, 1.165) is 18.2 Å². The Bertz CT molecular complexity index is 726. The lowest BCUT2D eigenvalue weighted by molar-refractivity contribution is 0.103. The summed E-state index contributed by atoms with van der Waals surface area (Å²) in [5.74, 6) is -5.16. The number of ketones is 1. The van der Waals surface area contributed by atoms with Crippen LogP contribution in [0.3, 0.4) is 0 Å². The fraction of sp³-hybridized carbons (Fsp3) is 0.0714. The van der Waals surface area contributed by atoms with Gasteiger partial charge < -0.3 is 30.6 Å². The van der Waals surface area contributed by atoms with Gasteiger partial charge in [0.05, 0.1) is 5.56 Å². The van der Waals surface area contributed by atoms with Gasteiger partial charge >= 0.3 is 0 Å². The van der Waals surface area contributed by atoms with Gasteiger partial charge in [-0.05, 0) is 18.6 Å². The Morgan fingerprint density at radius 3 is 1.86 bits per heavy atom. The molecule has 2 rings (SSSR count). The van der Waals surface area contributed by atoms with Crippen LogP contribution in [0.5, 0.6) is 34.5 Å². The highest BCUT2D eigenvalue weighted by atomic mass is 16.3. The first-order valence-corrected chi connectivity index (χ1v) is 5.78. The maximum atomic E-state index is 12.3. The molecule has 0 aliphatic carbocycles. The Kier molecular flexibility index (Phi) is 3.26. The van der Waals surface area contributed by atoms with E-state index in [1.807, 2.05) is 0 Å². The molecule has 0 radical (unpaired) electrons. The minimum atomic E-state index is -0.985. The van der Waals surface area contributed by atoms with Crippen LogP contribution in [0.25, 0.3) is 0 Å². The molecule has 7 heteroatoms. The smallest absolute Gasteiger partial charge is 0.204 e. The summed E-state index contributed by atoms with van der Waals surface area (Å²) in [5, 5.41) is 57.2. The number of aromatic hydroxyl groups is 6. The Hall–Kier alpha value is -3.09. The molecule has 110 valence electrons. The SMILES string of the molecule is Cc1cc(C(=O)c2c(O)cc(O)cc2O)c(O)c(O)c1O. The van der Waals surface area contributed by atoms with Crippen molar-refractivity contribution in [2.75, 3.05) is 0 Å². The van der Waals surface area contributed by atoms with Gasteiger partial charge in [0.15, 0.2) is 11.5 Å². The molecule has 0 aliphatic rings. The van der Waals surface area contributed by atoms with Gasteiger partial charge in [-0.3, -0.25) is 4.79 Å². The molecule has 0 saturated heterocycles. The molecule has 0 spiro atoms. The molecule has 0 unspecified atom stereocenters. The Morgan fingerprint density at radius 1 is 0.810 bits per heavy atom. The Balaban J connectivity index is 2.67. The van der Waals surface area contributed by atoms with Crippen molar-refractivity contribution in [2.24, 2.45) is 0 Å². The van der Waals surface area contributed by atoms with Crippen molar-refractivity contribution in [3.8, 4) is 34.5 Å². The number of carbonyl (C=O) groups is 1. The van der Waals surface area contributed by atoms with Crippen LogP contribution >= 0.6 is 0 Å². The fourth-order valence-electron chi connectivity index (χ4n) is 1.92. The number of phenolic OH excluding ortho intramolecular Hbond substituents is 6. The molecule has 6 N–H and O–H groups in total. The first kappa shape index (κ1) is 14.3. The standard InChI is InChI=1S/C14H12O7/c1-5-2-7(13(20)14(21)11(5)18)12(19)10-8(16)3-6(15)4-9(10)17/h2-4,15-18,20-21H,1H3. The summed E-state index contributed by atoms with van der Waals surface area (Å²) in [4.78, 5) is 12.3. The summed E-state index contributed by atoms with van der Waals surface area (Å²) >= 11 is 0. The first-order valence-electron chi connectivity index (χ1n) is 5.78. The molecular formula is C14H12O7. The van der Waals surface area contributed by atoms with Crippen LogP contribution in [0.4, 0.5) is 0 Å². The summed E-state index contributed by atoms with van der Waals surface area (Å²) in [6, 6.07) is 2.78. The van der Waals surface area contributed by atoms with Crippen LogP contribution in [0.15, 0.2) is 18.2 Å². The Labute approximate surface area is 118 Å². The zero-order valence-electron chi connectivity index (χ0n) is 10.8. The van der Waals surface area contributed by atoms with E-state index in [2.05, 4.69) is 0 Å². The summed E-state index contributed by atoms with van der Waals surface area (Å²) in [6.07, 6.45) is 0. The molecule has 7 nitrogen and oxygen atoms in total. The molecule has 0 bridgehead atoms. The molecule has 0 amide bonds. The number of hydrogen-bond acceptors (Lipinski definition) is 7. The molecule has 0 aliphatic heterocycles. The molecule has 0 atom stereocenters. The van der Waals surface area contributed by atoms with Crippen molar-refractivity contribution in [3.63, 3.8) is 0 Å². The van der Waals surface area contributed by atoms with E-state index in [4.69, 9.17) is 0 Å². The fourth-order valence-corrected chi connectivity index (χ4v) is 1.92. The number of rotatable bonds is 2. The normalized spacial score (nSPS) is 10.5. The summed E-state index contributed by atoms with van der Waals surface area (Å²) in [7, 11) is 0. The van der Waals surface area contributed by atoms with E-state index in [1.165, 1.54) is 6.92 Å². The van der Waals surface area contributed by atoms with E-state index in [9.17, 15) is 35.4 Å². The van der Waals surface area contributed by atoms with Crippen LogP contribution < -0.4 is 0 Å². The number of carbonyl (C=O) groups excluding carboxylic acids is 1. The van der Waals surface area contributed by atoms with Crippen LogP contribution in [-0.4, -0.2) is 36.4 Å². The number of aryl methyl sites for hydroxylation is 1. The van der Waals surface area contributed by atoms with Gasteiger partial charge in [-0.25, -0.2) is 0 Å². The molecular weight excluding hydrogens is 280 g/mol. The van der Waals surface area contributed by atoms with Gasteiger partial charge in [-0.15, -0.1) is 0 Å². The zero-order chi connectivity index (χ0) is 15.9. The van der Waals surface area contributed by atoms with E-state index >= 15 is 0 Å². The highest BCUT2D eigenvalue weighted by Gasteiger charge is 2.25. The molecule has 2 aromatic carbocycles. The van der Waals surface area contributed by atoms with E-state index in [-0.39, 0.29) is 5.56 Å². The summed E-state index contributed by atoms with van der Waals surface area (Å²) < 4.78 is 0. The quantitative estimate of drug-likeness (QED) is 0.364. The van der Waals surface area contributed by atoms with Crippen molar-refractivity contribution in [2.45, 2.75) is 6.92 Å². The average Bonchev–Trinajstić information content (AvgIpc) is 2.39. The number of phenols is 6.